The molecule has 2 N–H and O–H groups in total. The number of carboxylic acids is 1. The molecule has 27 heavy (non-hydrogen) atoms. The normalized spacial score (nSPS) is 24.3. The molecule has 1 heterocycles. The van der Waals surface area contributed by atoms with Crippen molar-refractivity contribution in [3.8, 4) is 0 Å². The van der Waals surface area contributed by atoms with Crippen molar-refractivity contribution < 1.29 is 19.4 Å². The van der Waals surface area contributed by atoms with Gasteiger partial charge in [-0.2, -0.15) is 0 Å². The summed E-state index contributed by atoms with van der Waals surface area (Å²) in [6.45, 7) is 5.22. The van der Waals surface area contributed by atoms with Gasteiger partial charge >= 0.3 is 5.97 Å². The number of likely N-dealkylation sites (tertiary alicyclic amines) is 1. The van der Waals surface area contributed by atoms with Gasteiger partial charge in [0.15, 0.2) is 0 Å². The number of amides is 1. The first-order valence-electron chi connectivity index (χ1n) is 9.41. The van der Waals surface area contributed by atoms with Gasteiger partial charge in [-0.3, -0.25) is 14.5 Å². The van der Waals surface area contributed by atoms with Crippen LogP contribution in [0.2, 0.25) is 0 Å². The molecule has 1 aromatic carbocycles. The molecule has 2 fully saturated rings. The van der Waals surface area contributed by atoms with Crippen LogP contribution in [0.5, 0.6) is 0 Å². The summed E-state index contributed by atoms with van der Waals surface area (Å²) in [4.78, 5) is 26.0. The maximum absolute atomic E-state index is 12.3. The number of carbonyl (C=O) groups excluding carboxylic acids is 1. The molecule has 0 bridgehead atoms. The average molecular weight is 397 g/mol. The molecule has 6 nitrogen and oxygen atoms in total. The van der Waals surface area contributed by atoms with Gasteiger partial charge in [-0.1, -0.05) is 30.7 Å². The third-order valence-electron chi connectivity index (χ3n) is 5.72. The summed E-state index contributed by atoms with van der Waals surface area (Å²) < 4.78 is 5.37. The number of ether oxygens (including phenoxy) is 1. The molecule has 1 amide bonds. The summed E-state index contributed by atoms with van der Waals surface area (Å²) in [6, 6.07) is 8.01. The Bertz CT molecular complexity index is 652. The van der Waals surface area contributed by atoms with E-state index in [1.165, 1.54) is 0 Å². The minimum atomic E-state index is -0.699. The molecule has 1 saturated heterocycles. The average Bonchev–Trinajstić information content (AvgIpc) is 3.17. The predicted molar refractivity (Wildman–Crippen MR) is 105 cm³/mol. The van der Waals surface area contributed by atoms with Gasteiger partial charge in [0.05, 0.1) is 18.6 Å². The molecular weight excluding hydrogens is 368 g/mol. The number of carbonyl (C=O) groups is 2. The smallest absolute Gasteiger partial charge is 0.311 e. The van der Waals surface area contributed by atoms with Gasteiger partial charge in [0.2, 0.25) is 5.91 Å². The first-order chi connectivity index (χ1) is 12.5. The SMILES string of the molecule is CCOCc1ccc(CNC(=O)CN2C[C@@H]3CCC[C@@]3(C(=O)O)C2)cc1.Cl. The molecule has 1 aromatic rings. The molecule has 0 radical (unpaired) electrons. The van der Waals surface area contributed by atoms with E-state index in [-0.39, 0.29) is 30.8 Å². The van der Waals surface area contributed by atoms with E-state index in [9.17, 15) is 14.7 Å². The number of hydrogen-bond acceptors (Lipinski definition) is 4. The summed E-state index contributed by atoms with van der Waals surface area (Å²) >= 11 is 0. The third-order valence-corrected chi connectivity index (χ3v) is 5.72. The lowest BCUT2D eigenvalue weighted by Crippen LogP contribution is -2.39. The van der Waals surface area contributed by atoms with E-state index in [0.29, 0.717) is 32.8 Å². The Morgan fingerprint density at radius 2 is 2.00 bits per heavy atom. The highest BCUT2D eigenvalue weighted by atomic mass is 35.5. The molecule has 0 aromatic heterocycles. The fourth-order valence-electron chi connectivity index (χ4n) is 4.30. The Kier molecular flexibility index (Phi) is 7.65. The molecular formula is C20H29ClN2O4. The summed E-state index contributed by atoms with van der Waals surface area (Å²) in [5.74, 6) is -0.565. The Morgan fingerprint density at radius 3 is 2.63 bits per heavy atom. The van der Waals surface area contributed by atoms with Gasteiger partial charge in [-0.05, 0) is 36.8 Å². The van der Waals surface area contributed by atoms with Crippen molar-refractivity contribution in [2.45, 2.75) is 39.3 Å². The van der Waals surface area contributed by atoms with Gasteiger partial charge in [0.25, 0.3) is 0 Å². The number of halogens is 1. The van der Waals surface area contributed by atoms with E-state index >= 15 is 0 Å². The highest BCUT2D eigenvalue weighted by molar-refractivity contribution is 5.85. The predicted octanol–water partition coefficient (Wildman–Crippen LogP) is 2.45. The number of nitrogens with one attached hydrogen (secondary N) is 1. The van der Waals surface area contributed by atoms with E-state index in [0.717, 1.165) is 30.4 Å². The van der Waals surface area contributed by atoms with Gasteiger partial charge in [-0.25, -0.2) is 0 Å². The second-order valence-corrected chi connectivity index (χ2v) is 7.45. The lowest BCUT2D eigenvalue weighted by atomic mass is 9.81. The van der Waals surface area contributed by atoms with Crippen molar-refractivity contribution in [3.05, 3.63) is 35.4 Å². The van der Waals surface area contributed by atoms with Crippen LogP contribution in [-0.2, 0) is 27.5 Å². The number of fused-ring (bicyclic) bond motifs is 1. The number of nitrogens with zero attached hydrogens (tertiary/aromatic N) is 1. The third kappa shape index (κ3) is 5.00. The summed E-state index contributed by atoms with van der Waals surface area (Å²) in [5, 5.41) is 12.6. The topological polar surface area (TPSA) is 78.9 Å². The Hall–Kier alpha value is -1.63. The standard InChI is InChI=1S/C20H28N2O4.ClH/c1-2-26-13-16-7-5-15(6-8-16)10-21-18(23)12-22-11-17-4-3-9-20(17,14-22)19(24)25;/h5-8,17H,2-4,9-14H2,1H3,(H,21,23)(H,24,25);1H/t17-,20+;/m0./s1. The Balaban J connectivity index is 0.00000261. The monoisotopic (exact) mass is 396 g/mol. The maximum Gasteiger partial charge on any atom is 0.311 e. The van der Waals surface area contributed by atoms with Crippen molar-refractivity contribution in [1.82, 2.24) is 10.2 Å². The lowest BCUT2D eigenvalue weighted by Gasteiger charge is -2.23. The zero-order valence-corrected chi connectivity index (χ0v) is 16.6. The van der Waals surface area contributed by atoms with Crippen molar-refractivity contribution in [3.63, 3.8) is 0 Å². The minimum absolute atomic E-state index is 0. The second kappa shape index (κ2) is 9.53. The zero-order chi connectivity index (χ0) is 18.6. The number of aliphatic carboxylic acids is 1. The second-order valence-electron chi connectivity index (χ2n) is 7.45. The first-order valence-corrected chi connectivity index (χ1v) is 9.41. The molecule has 3 rings (SSSR count). The lowest BCUT2D eigenvalue weighted by molar-refractivity contribution is -0.149. The Labute approximate surface area is 166 Å². The maximum atomic E-state index is 12.3. The number of hydrogen-bond donors (Lipinski definition) is 2. The van der Waals surface area contributed by atoms with Crippen LogP contribution in [0.3, 0.4) is 0 Å². The van der Waals surface area contributed by atoms with Crippen LogP contribution < -0.4 is 5.32 Å². The largest absolute Gasteiger partial charge is 0.481 e. The van der Waals surface area contributed by atoms with E-state index in [2.05, 4.69) is 5.32 Å². The summed E-state index contributed by atoms with van der Waals surface area (Å²) in [7, 11) is 0. The van der Waals surface area contributed by atoms with Crippen LogP contribution >= 0.6 is 12.4 Å². The minimum Gasteiger partial charge on any atom is -0.481 e. The van der Waals surface area contributed by atoms with Crippen molar-refractivity contribution in [2.75, 3.05) is 26.2 Å². The fourth-order valence-corrected chi connectivity index (χ4v) is 4.30. The van der Waals surface area contributed by atoms with E-state index < -0.39 is 11.4 Å². The van der Waals surface area contributed by atoms with Gasteiger partial charge in [0.1, 0.15) is 0 Å². The quantitative estimate of drug-likeness (QED) is 0.705. The van der Waals surface area contributed by atoms with Gasteiger partial charge < -0.3 is 15.2 Å². The Morgan fingerprint density at radius 1 is 1.30 bits per heavy atom. The fraction of sp³-hybridized carbons (Fsp3) is 0.600. The summed E-state index contributed by atoms with van der Waals surface area (Å²) in [6.07, 6.45) is 2.67. The number of benzene rings is 1. The number of carboxylic acid groups (broad SMARTS) is 1. The molecule has 7 heteroatoms. The highest BCUT2D eigenvalue weighted by Crippen LogP contribution is 2.48. The van der Waals surface area contributed by atoms with Crippen LogP contribution in [-0.4, -0.2) is 48.1 Å². The molecule has 1 aliphatic heterocycles. The van der Waals surface area contributed by atoms with Crippen LogP contribution in [0.4, 0.5) is 0 Å². The van der Waals surface area contributed by atoms with Crippen LogP contribution in [0.15, 0.2) is 24.3 Å². The molecule has 1 saturated carbocycles. The molecule has 0 unspecified atom stereocenters. The van der Waals surface area contributed by atoms with Crippen LogP contribution in [0.25, 0.3) is 0 Å². The van der Waals surface area contributed by atoms with Crippen LogP contribution in [0.1, 0.15) is 37.3 Å². The number of rotatable bonds is 8. The zero-order valence-electron chi connectivity index (χ0n) is 15.8. The molecule has 2 aliphatic rings. The van der Waals surface area contributed by atoms with E-state index in [1.807, 2.05) is 36.1 Å². The highest BCUT2D eigenvalue weighted by Gasteiger charge is 2.54. The summed E-state index contributed by atoms with van der Waals surface area (Å²) in [5.41, 5.74) is 1.53. The van der Waals surface area contributed by atoms with Gasteiger partial charge in [0, 0.05) is 26.2 Å². The van der Waals surface area contributed by atoms with Crippen molar-refractivity contribution in [2.24, 2.45) is 11.3 Å². The van der Waals surface area contributed by atoms with Crippen LogP contribution in [0, 0.1) is 11.3 Å². The van der Waals surface area contributed by atoms with E-state index in [4.69, 9.17) is 4.74 Å². The molecule has 1 aliphatic carbocycles. The first kappa shape index (κ1) is 21.7. The molecule has 2 atom stereocenters. The molecule has 0 spiro atoms. The van der Waals surface area contributed by atoms with Crippen molar-refractivity contribution in [1.29, 1.82) is 0 Å². The van der Waals surface area contributed by atoms with E-state index in [1.54, 1.807) is 0 Å². The molecule has 150 valence electrons. The van der Waals surface area contributed by atoms with Crippen molar-refractivity contribution >= 4 is 24.3 Å². The van der Waals surface area contributed by atoms with Gasteiger partial charge in [-0.15, -0.1) is 12.4 Å².